The van der Waals surface area contributed by atoms with Gasteiger partial charge in [0.25, 0.3) is 5.91 Å². The number of amides is 1. The fourth-order valence-electron chi connectivity index (χ4n) is 2.97. The van der Waals surface area contributed by atoms with Crippen LogP contribution < -0.4 is 5.32 Å². The molecule has 3 heterocycles. The highest BCUT2D eigenvalue weighted by Gasteiger charge is 2.09. The van der Waals surface area contributed by atoms with Gasteiger partial charge in [0.1, 0.15) is 0 Å². The van der Waals surface area contributed by atoms with Gasteiger partial charge in [0.15, 0.2) is 11.6 Å². The zero-order valence-electron chi connectivity index (χ0n) is 16.2. The minimum Gasteiger partial charge on any atom is -0.348 e. The van der Waals surface area contributed by atoms with E-state index in [9.17, 15) is 4.79 Å². The van der Waals surface area contributed by atoms with Crippen LogP contribution in [0.5, 0.6) is 0 Å². The fraction of sp³-hybridized carbons (Fsp3) is 0.136. The molecule has 7 nitrogen and oxygen atoms in total. The summed E-state index contributed by atoms with van der Waals surface area (Å²) < 4.78 is 1.79. The van der Waals surface area contributed by atoms with E-state index < -0.39 is 0 Å². The molecule has 3 aromatic heterocycles. The lowest BCUT2D eigenvalue weighted by Gasteiger charge is -2.07. The van der Waals surface area contributed by atoms with Crippen LogP contribution in [0.1, 0.15) is 27.3 Å². The minimum atomic E-state index is -0.229. The van der Waals surface area contributed by atoms with Crippen LogP contribution in [0, 0.1) is 13.8 Å². The molecule has 0 aliphatic rings. The maximum Gasteiger partial charge on any atom is 0.254 e. The lowest BCUT2D eigenvalue weighted by molar-refractivity contribution is 0.0950. The molecule has 0 atom stereocenters. The topological polar surface area (TPSA) is 85.6 Å². The number of carbonyl (C=O) groups is 1. The predicted molar refractivity (Wildman–Crippen MR) is 109 cm³/mol. The van der Waals surface area contributed by atoms with Gasteiger partial charge in [-0.1, -0.05) is 36.4 Å². The second-order valence-corrected chi connectivity index (χ2v) is 6.71. The molecule has 0 radical (unpaired) electrons. The number of aryl methyl sites for hydroxylation is 2. The summed E-state index contributed by atoms with van der Waals surface area (Å²) in [5.41, 5.74) is 4.19. The Morgan fingerprint density at radius 1 is 0.966 bits per heavy atom. The third-order valence-electron chi connectivity index (χ3n) is 4.43. The van der Waals surface area contributed by atoms with E-state index in [-0.39, 0.29) is 5.91 Å². The summed E-state index contributed by atoms with van der Waals surface area (Å²) in [7, 11) is 0. The molecule has 29 heavy (non-hydrogen) atoms. The maximum atomic E-state index is 12.4. The summed E-state index contributed by atoms with van der Waals surface area (Å²) in [5.74, 6) is 1.11. The zero-order valence-corrected chi connectivity index (χ0v) is 16.2. The Hall–Kier alpha value is -3.87. The van der Waals surface area contributed by atoms with Crippen LogP contribution in [-0.2, 0) is 6.54 Å². The van der Waals surface area contributed by atoms with Gasteiger partial charge in [0.2, 0.25) is 0 Å². The molecular formula is C22H20N6O. The molecule has 7 heteroatoms. The van der Waals surface area contributed by atoms with Gasteiger partial charge >= 0.3 is 0 Å². The molecule has 144 valence electrons. The first-order valence-corrected chi connectivity index (χ1v) is 9.24. The van der Waals surface area contributed by atoms with Crippen LogP contribution in [0.3, 0.4) is 0 Å². The van der Waals surface area contributed by atoms with E-state index in [0.717, 1.165) is 28.3 Å². The van der Waals surface area contributed by atoms with E-state index in [1.165, 1.54) is 12.4 Å². The first-order chi connectivity index (χ1) is 14.1. The molecule has 4 rings (SSSR count). The monoisotopic (exact) mass is 384 g/mol. The van der Waals surface area contributed by atoms with Crippen LogP contribution in [0.15, 0.2) is 67.1 Å². The molecule has 1 N–H and O–H groups in total. The third-order valence-corrected chi connectivity index (χ3v) is 4.43. The summed E-state index contributed by atoms with van der Waals surface area (Å²) in [6, 6.07) is 15.5. The Labute approximate surface area is 168 Å². The van der Waals surface area contributed by atoms with Crippen molar-refractivity contribution >= 4 is 5.91 Å². The Balaban J connectivity index is 1.39. The van der Waals surface area contributed by atoms with Crippen LogP contribution in [0.4, 0.5) is 0 Å². The number of hydrogen-bond donors (Lipinski definition) is 1. The number of rotatable bonds is 5. The molecule has 0 bridgehead atoms. The highest BCUT2D eigenvalue weighted by molar-refractivity contribution is 5.93. The highest BCUT2D eigenvalue weighted by Crippen LogP contribution is 2.13. The molecule has 0 aliphatic carbocycles. The number of nitrogens with one attached hydrogen (secondary N) is 1. The van der Waals surface area contributed by atoms with Gasteiger partial charge in [0.05, 0.1) is 11.3 Å². The number of nitrogens with zero attached hydrogens (tertiary/aromatic N) is 5. The van der Waals surface area contributed by atoms with Crippen LogP contribution in [-0.4, -0.2) is 30.6 Å². The normalized spacial score (nSPS) is 10.7. The number of carbonyl (C=O) groups excluding carboxylic acids is 1. The number of hydrogen-bond acceptors (Lipinski definition) is 5. The molecule has 0 saturated carbocycles. The summed E-state index contributed by atoms with van der Waals surface area (Å²) >= 11 is 0. The average Bonchev–Trinajstić information content (AvgIpc) is 3.11. The van der Waals surface area contributed by atoms with Crippen molar-refractivity contribution in [2.24, 2.45) is 0 Å². The smallest absolute Gasteiger partial charge is 0.254 e. The first-order valence-electron chi connectivity index (χ1n) is 9.24. The van der Waals surface area contributed by atoms with Crippen molar-refractivity contribution in [1.82, 2.24) is 30.0 Å². The number of pyridine rings is 1. The summed E-state index contributed by atoms with van der Waals surface area (Å²) in [5, 5.41) is 7.29. The van der Waals surface area contributed by atoms with Crippen LogP contribution in [0.2, 0.25) is 0 Å². The lowest BCUT2D eigenvalue weighted by Crippen LogP contribution is -2.23. The molecule has 0 spiro atoms. The van der Waals surface area contributed by atoms with Gasteiger partial charge in [-0.15, -0.1) is 0 Å². The maximum absolute atomic E-state index is 12.4. The Bertz CT molecular complexity index is 1120. The Morgan fingerprint density at radius 2 is 1.72 bits per heavy atom. The average molecular weight is 384 g/mol. The highest BCUT2D eigenvalue weighted by atomic mass is 16.1. The fourth-order valence-corrected chi connectivity index (χ4v) is 2.97. The second kappa shape index (κ2) is 8.02. The van der Waals surface area contributed by atoms with Crippen molar-refractivity contribution in [2.75, 3.05) is 0 Å². The van der Waals surface area contributed by atoms with E-state index in [1.807, 2.05) is 62.4 Å². The van der Waals surface area contributed by atoms with Crippen LogP contribution >= 0.6 is 0 Å². The summed E-state index contributed by atoms with van der Waals surface area (Å²) in [6.45, 7) is 4.30. The number of aromatic nitrogens is 5. The summed E-state index contributed by atoms with van der Waals surface area (Å²) in [6.07, 6.45) is 4.81. The summed E-state index contributed by atoms with van der Waals surface area (Å²) in [4.78, 5) is 25.4. The van der Waals surface area contributed by atoms with Gasteiger partial charge in [-0.25, -0.2) is 19.6 Å². The van der Waals surface area contributed by atoms with Gasteiger partial charge < -0.3 is 5.32 Å². The van der Waals surface area contributed by atoms with E-state index in [0.29, 0.717) is 17.9 Å². The number of benzene rings is 1. The van der Waals surface area contributed by atoms with Crippen molar-refractivity contribution in [3.63, 3.8) is 0 Å². The first kappa shape index (κ1) is 18.5. The van der Waals surface area contributed by atoms with Crippen molar-refractivity contribution < 1.29 is 4.79 Å². The van der Waals surface area contributed by atoms with Crippen molar-refractivity contribution in [1.29, 1.82) is 0 Å². The van der Waals surface area contributed by atoms with E-state index in [1.54, 1.807) is 10.9 Å². The standard InChI is InChI=1S/C22H20N6O/c1-15-10-16(2)28(27-15)20-9-8-17(11-23-20)12-26-22(29)19-13-24-21(25-14-19)18-6-4-3-5-7-18/h3-11,13-14H,12H2,1-2H3,(H,26,29). The molecular weight excluding hydrogens is 364 g/mol. The molecule has 0 saturated heterocycles. The van der Waals surface area contributed by atoms with Gasteiger partial charge in [-0.3, -0.25) is 4.79 Å². The van der Waals surface area contributed by atoms with Crippen molar-refractivity contribution in [2.45, 2.75) is 20.4 Å². The molecule has 4 aromatic rings. The zero-order chi connectivity index (χ0) is 20.2. The van der Waals surface area contributed by atoms with E-state index in [2.05, 4.69) is 25.4 Å². The SMILES string of the molecule is Cc1cc(C)n(-c2ccc(CNC(=O)c3cnc(-c4ccccc4)nc3)cn2)n1. The predicted octanol–water partition coefficient (Wildman–Crippen LogP) is 3.27. The molecule has 1 amide bonds. The van der Waals surface area contributed by atoms with E-state index >= 15 is 0 Å². The third kappa shape index (κ3) is 4.19. The molecule has 0 aliphatic heterocycles. The Morgan fingerprint density at radius 3 is 2.34 bits per heavy atom. The van der Waals surface area contributed by atoms with Crippen molar-refractivity contribution in [3.8, 4) is 17.2 Å². The van der Waals surface area contributed by atoms with Gasteiger partial charge in [-0.2, -0.15) is 5.10 Å². The Kier molecular flexibility index (Phi) is 5.11. The quantitative estimate of drug-likeness (QED) is 0.571. The van der Waals surface area contributed by atoms with Crippen molar-refractivity contribution in [3.05, 3.63) is 89.6 Å². The van der Waals surface area contributed by atoms with Gasteiger partial charge in [0, 0.05) is 36.4 Å². The second-order valence-electron chi connectivity index (χ2n) is 6.71. The largest absolute Gasteiger partial charge is 0.348 e. The van der Waals surface area contributed by atoms with Gasteiger partial charge in [-0.05, 0) is 31.5 Å². The minimum absolute atomic E-state index is 0.229. The molecule has 0 unspecified atom stereocenters. The molecule has 0 fully saturated rings. The van der Waals surface area contributed by atoms with E-state index in [4.69, 9.17) is 0 Å². The lowest BCUT2D eigenvalue weighted by atomic mass is 10.2. The molecule has 1 aromatic carbocycles. The van der Waals surface area contributed by atoms with Crippen LogP contribution in [0.25, 0.3) is 17.2 Å².